The van der Waals surface area contributed by atoms with Crippen molar-refractivity contribution in [2.45, 2.75) is 37.9 Å². The van der Waals surface area contributed by atoms with Crippen LogP contribution in [0.15, 0.2) is 43.0 Å². The van der Waals surface area contributed by atoms with E-state index in [-0.39, 0.29) is 18.1 Å². The van der Waals surface area contributed by atoms with E-state index in [4.69, 9.17) is 11.6 Å². The van der Waals surface area contributed by atoms with Crippen LogP contribution in [-0.2, 0) is 6.54 Å². The Morgan fingerprint density at radius 3 is 3.05 bits per heavy atom. The van der Waals surface area contributed by atoms with E-state index >= 15 is 0 Å². The second-order valence-corrected chi connectivity index (χ2v) is 6.16. The third kappa shape index (κ3) is 3.60. The zero-order valence-corrected chi connectivity index (χ0v) is 13.1. The highest BCUT2D eigenvalue weighted by molar-refractivity contribution is 6.31. The molecule has 0 bridgehead atoms. The number of nitrogens with one attached hydrogen (secondary N) is 2. The number of amides is 2. The van der Waals surface area contributed by atoms with Crippen molar-refractivity contribution >= 4 is 17.6 Å². The molecule has 116 valence electrons. The van der Waals surface area contributed by atoms with Gasteiger partial charge >= 0.3 is 6.03 Å². The molecule has 0 radical (unpaired) electrons. The molecule has 1 saturated carbocycles. The van der Waals surface area contributed by atoms with E-state index in [0.29, 0.717) is 12.5 Å². The molecule has 6 heteroatoms. The maximum Gasteiger partial charge on any atom is 0.315 e. The fourth-order valence-corrected chi connectivity index (χ4v) is 2.94. The van der Waals surface area contributed by atoms with Crippen molar-refractivity contribution in [1.29, 1.82) is 0 Å². The van der Waals surface area contributed by atoms with Crippen LogP contribution in [0.2, 0.25) is 5.02 Å². The summed E-state index contributed by atoms with van der Waals surface area (Å²) in [5.74, 6) is 0.323. The zero-order valence-electron chi connectivity index (χ0n) is 12.4. The number of benzene rings is 1. The quantitative estimate of drug-likeness (QED) is 0.890. The molecule has 2 aromatic rings. The van der Waals surface area contributed by atoms with E-state index in [0.717, 1.165) is 17.0 Å². The SMILES string of the molecule is C[C@H](Cn1ccnc1)NC(=O)N[C@H]1C[C@H]1c1ccccc1Cl. The van der Waals surface area contributed by atoms with Crippen molar-refractivity contribution in [2.75, 3.05) is 0 Å². The minimum Gasteiger partial charge on any atom is -0.335 e. The summed E-state index contributed by atoms with van der Waals surface area (Å²) in [4.78, 5) is 16.0. The Labute approximate surface area is 134 Å². The van der Waals surface area contributed by atoms with E-state index in [1.807, 2.05) is 42.0 Å². The number of nitrogens with zero attached hydrogens (tertiary/aromatic N) is 2. The second-order valence-electron chi connectivity index (χ2n) is 5.75. The number of urea groups is 1. The molecule has 2 amide bonds. The van der Waals surface area contributed by atoms with Gasteiger partial charge in [0.1, 0.15) is 0 Å². The summed E-state index contributed by atoms with van der Waals surface area (Å²) < 4.78 is 1.94. The van der Waals surface area contributed by atoms with Gasteiger partial charge in [-0.1, -0.05) is 29.8 Å². The predicted molar refractivity (Wildman–Crippen MR) is 86.0 cm³/mol. The van der Waals surface area contributed by atoms with Crippen molar-refractivity contribution in [1.82, 2.24) is 20.2 Å². The molecular weight excluding hydrogens is 300 g/mol. The van der Waals surface area contributed by atoms with Gasteiger partial charge in [-0.3, -0.25) is 0 Å². The number of rotatable bonds is 5. The maximum atomic E-state index is 12.0. The van der Waals surface area contributed by atoms with Gasteiger partial charge < -0.3 is 15.2 Å². The van der Waals surface area contributed by atoms with Gasteiger partial charge in [0.05, 0.1) is 6.33 Å². The maximum absolute atomic E-state index is 12.0. The molecule has 1 fully saturated rings. The van der Waals surface area contributed by atoms with Crippen LogP contribution in [0.4, 0.5) is 4.79 Å². The molecule has 1 aromatic carbocycles. The summed E-state index contributed by atoms with van der Waals surface area (Å²) in [7, 11) is 0. The predicted octanol–water partition coefficient (Wildman–Crippen LogP) is 2.78. The lowest BCUT2D eigenvalue weighted by Crippen LogP contribution is -2.43. The summed E-state index contributed by atoms with van der Waals surface area (Å²) in [5, 5.41) is 6.72. The number of halogens is 1. The van der Waals surface area contributed by atoms with Crippen LogP contribution in [0.5, 0.6) is 0 Å². The van der Waals surface area contributed by atoms with E-state index in [1.165, 1.54) is 0 Å². The Kier molecular flexibility index (Phi) is 4.34. The molecule has 1 aliphatic rings. The van der Waals surface area contributed by atoms with E-state index in [9.17, 15) is 4.79 Å². The summed E-state index contributed by atoms with van der Waals surface area (Å²) >= 11 is 6.19. The normalized spacial score (nSPS) is 21.2. The largest absolute Gasteiger partial charge is 0.335 e. The van der Waals surface area contributed by atoms with Crippen LogP contribution in [0.1, 0.15) is 24.8 Å². The molecular formula is C16H19ClN4O. The molecule has 22 heavy (non-hydrogen) atoms. The number of carbonyl (C=O) groups is 1. The number of carbonyl (C=O) groups excluding carboxylic acids is 1. The standard InChI is InChI=1S/C16H19ClN4O/c1-11(9-21-7-6-18-10-21)19-16(22)20-15-8-13(15)12-4-2-3-5-14(12)17/h2-7,10-11,13,15H,8-9H2,1H3,(H2,19,20,22)/t11-,13+,15+/m1/s1. The third-order valence-electron chi connectivity index (χ3n) is 3.83. The molecule has 5 nitrogen and oxygen atoms in total. The lowest BCUT2D eigenvalue weighted by Gasteiger charge is -2.15. The topological polar surface area (TPSA) is 59.0 Å². The lowest BCUT2D eigenvalue weighted by molar-refractivity contribution is 0.236. The summed E-state index contributed by atoms with van der Waals surface area (Å²) in [5.41, 5.74) is 1.11. The van der Waals surface area contributed by atoms with Crippen molar-refractivity contribution in [3.8, 4) is 0 Å². The average Bonchev–Trinajstić information content (AvgIpc) is 3.02. The van der Waals surface area contributed by atoms with E-state index in [2.05, 4.69) is 15.6 Å². The van der Waals surface area contributed by atoms with Gasteiger partial charge in [-0.05, 0) is 25.0 Å². The van der Waals surface area contributed by atoms with Gasteiger partial charge in [0.15, 0.2) is 0 Å². The molecule has 3 atom stereocenters. The van der Waals surface area contributed by atoms with Crippen LogP contribution in [-0.4, -0.2) is 27.7 Å². The fraction of sp³-hybridized carbons (Fsp3) is 0.375. The number of imidazole rings is 1. The lowest BCUT2D eigenvalue weighted by atomic mass is 10.1. The van der Waals surface area contributed by atoms with E-state index < -0.39 is 0 Å². The van der Waals surface area contributed by atoms with Crippen molar-refractivity contribution < 1.29 is 4.79 Å². The van der Waals surface area contributed by atoms with Gasteiger partial charge in [-0.15, -0.1) is 0 Å². The van der Waals surface area contributed by atoms with Crippen LogP contribution in [0, 0.1) is 0 Å². The Balaban J connectivity index is 1.46. The van der Waals surface area contributed by atoms with Crippen LogP contribution in [0.3, 0.4) is 0 Å². The second kappa shape index (κ2) is 6.40. The highest BCUT2D eigenvalue weighted by Crippen LogP contribution is 2.43. The molecule has 3 rings (SSSR count). The van der Waals surface area contributed by atoms with Crippen molar-refractivity contribution in [3.63, 3.8) is 0 Å². The van der Waals surface area contributed by atoms with Gasteiger partial charge in [-0.2, -0.15) is 0 Å². The Bertz CT molecular complexity index is 643. The first-order valence-electron chi connectivity index (χ1n) is 7.40. The molecule has 1 aliphatic carbocycles. The summed E-state index contributed by atoms with van der Waals surface area (Å²) in [6.07, 6.45) is 6.28. The fourth-order valence-electron chi connectivity index (χ4n) is 2.66. The monoisotopic (exact) mass is 318 g/mol. The molecule has 1 aromatic heterocycles. The van der Waals surface area contributed by atoms with Gasteiger partial charge in [-0.25, -0.2) is 9.78 Å². The molecule has 0 unspecified atom stereocenters. The van der Waals surface area contributed by atoms with Crippen LogP contribution < -0.4 is 10.6 Å². The zero-order chi connectivity index (χ0) is 15.5. The molecule has 1 heterocycles. The van der Waals surface area contributed by atoms with Gasteiger partial charge in [0, 0.05) is 42.0 Å². The summed E-state index contributed by atoms with van der Waals surface area (Å²) in [6.45, 7) is 2.67. The first-order valence-corrected chi connectivity index (χ1v) is 7.78. The highest BCUT2D eigenvalue weighted by atomic mass is 35.5. The number of aromatic nitrogens is 2. The molecule has 0 aliphatic heterocycles. The van der Waals surface area contributed by atoms with Crippen LogP contribution >= 0.6 is 11.6 Å². The minimum absolute atomic E-state index is 0.0340. The minimum atomic E-state index is -0.132. The smallest absolute Gasteiger partial charge is 0.315 e. The number of hydrogen-bond acceptors (Lipinski definition) is 2. The molecule has 0 spiro atoms. The summed E-state index contributed by atoms with van der Waals surface area (Å²) in [6, 6.07) is 7.87. The van der Waals surface area contributed by atoms with Crippen molar-refractivity contribution in [2.24, 2.45) is 0 Å². The molecule has 2 N–H and O–H groups in total. The van der Waals surface area contributed by atoms with Crippen LogP contribution in [0.25, 0.3) is 0 Å². The van der Waals surface area contributed by atoms with Gasteiger partial charge in [0.2, 0.25) is 0 Å². The molecule has 0 saturated heterocycles. The first-order chi connectivity index (χ1) is 10.6. The Morgan fingerprint density at radius 2 is 2.32 bits per heavy atom. The highest BCUT2D eigenvalue weighted by Gasteiger charge is 2.40. The van der Waals surface area contributed by atoms with Crippen molar-refractivity contribution in [3.05, 3.63) is 53.6 Å². The van der Waals surface area contributed by atoms with E-state index in [1.54, 1.807) is 12.5 Å². The number of hydrogen-bond donors (Lipinski definition) is 2. The Morgan fingerprint density at radius 1 is 1.50 bits per heavy atom. The third-order valence-corrected chi connectivity index (χ3v) is 4.18. The van der Waals surface area contributed by atoms with Gasteiger partial charge in [0.25, 0.3) is 0 Å². The average molecular weight is 319 g/mol. The Hall–Kier alpha value is -2.01. The first kappa shape index (κ1) is 14.9.